The molecule has 128 valence electrons. The second-order valence-corrected chi connectivity index (χ2v) is 7.13. The van der Waals surface area contributed by atoms with E-state index in [1.54, 1.807) is 0 Å². The fraction of sp³-hybridized carbons (Fsp3) is 0.400. The first-order valence-electron chi connectivity index (χ1n) is 8.85. The number of rotatable bonds is 8. The molecule has 0 spiro atoms. The number of ether oxygens (including phenoxy) is 1. The molecule has 1 aliphatic rings. The Morgan fingerprint density at radius 2 is 1.83 bits per heavy atom. The molecule has 0 atom stereocenters. The molecule has 1 aliphatic heterocycles. The second kappa shape index (κ2) is 8.45. The van der Waals surface area contributed by atoms with Crippen LogP contribution in [0, 0.1) is 0 Å². The highest BCUT2D eigenvalue weighted by molar-refractivity contribution is 7.99. The number of nitrogens with zero attached hydrogens (tertiary/aromatic N) is 1. The zero-order valence-corrected chi connectivity index (χ0v) is 15.1. The van der Waals surface area contributed by atoms with E-state index in [1.807, 2.05) is 11.8 Å². The van der Waals surface area contributed by atoms with Crippen molar-refractivity contribution in [3.05, 3.63) is 42.5 Å². The molecule has 0 unspecified atom stereocenters. The zero-order chi connectivity index (χ0) is 16.8. The molecule has 2 aromatic rings. The van der Waals surface area contributed by atoms with E-state index in [0.717, 1.165) is 31.7 Å². The highest BCUT2D eigenvalue weighted by Gasteiger charge is 2.23. The van der Waals surface area contributed by atoms with Gasteiger partial charge in [0.05, 0.1) is 18.0 Å². The van der Waals surface area contributed by atoms with Crippen LogP contribution in [0.3, 0.4) is 0 Å². The third-order valence-electron chi connectivity index (χ3n) is 4.20. The van der Waals surface area contributed by atoms with Gasteiger partial charge in [-0.1, -0.05) is 43.7 Å². The molecule has 3 nitrogen and oxygen atoms in total. The fourth-order valence-electron chi connectivity index (χ4n) is 2.93. The van der Waals surface area contributed by atoms with Gasteiger partial charge in [-0.3, -0.25) is 0 Å². The summed E-state index contributed by atoms with van der Waals surface area (Å²) >= 11 is 1.83. The minimum Gasteiger partial charge on any atom is -0.494 e. The molecule has 0 saturated carbocycles. The lowest BCUT2D eigenvalue weighted by Crippen LogP contribution is -2.23. The predicted molar refractivity (Wildman–Crippen MR) is 103 cm³/mol. The van der Waals surface area contributed by atoms with Crippen molar-refractivity contribution in [3.8, 4) is 5.75 Å². The van der Waals surface area contributed by atoms with Crippen LogP contribution >= 0.6 is 11.8 Å². The zero-order valence-electron chi connectivity index (χ0n) is 14.3. The maximum Gasteiger partial charge on any atom is 0.121 e. The smallest absolute Gasteiger partial charge is 0.121 e. The van der Waals surface area contributed by atoms with E-state index in [4.69, 9.17) is 10.5 Å². The Morgan fingerprint density at radius 3 is 2.67 bits per heavy atom. The summed E-state index contributed by atoms with van der Waals surface area (Å²) in [4.78, 5) is 4.97. The minimum atomic E-state index is 0.703. The summed E-state index contributed by atoms with van der Waals surface area (Å²) in [5.41, 5.74) is 8.26. The van der Waals surface area contributed by atoms with Crippen molar-refractivity contribution < 1.29 is 4.74 Å². The van der Waals surface area contributed by atoms with Crippen LogP contribution in [0.5, 0.6) is 5.75 Å². The monoisotopic (exact) mass is 342 g/mol. The highest BCUT2D eigenvalue weighted by Crippen LogP contribution is 2.49. The molecule has 0 aromatic heterocycles. The van der Waals surface area contributed by atoms with Gasteiger partial charge in [-0.25, -0.2) is 0 Å². The molecule has 24 heavy (non-hydrogen) atoms. The topological polar surface area (TPSA) is 38.5 Å². The van der Waals surface area contributed by atoms with E-state index in [2.05, 4.69) is 54.3 Å². The number of para-hydroxylation sites is 1. The molecule has 0 bridgehead atoms. The average molecular weight is 343 g/mol. The molecule has 0 aliphatic carbocycles. The maximum absolute atomic E-state index is 5.95. The quantitative estimate of drug-likeness (QED) is 0.669. The van der Waals surface area contributed by atoms with Gasteiger partial charge in [-0.15, -0.1) is 0 Å². The van der Waals surface area contributed by atoms with Crippen LogP contribution in [0.15, 0.2) is 52.3 Å². The van der Waals surface area contributed by atoms with Crippen LogP contribution in [0.2, 0.25) is 0 Å². The summed E-state index contributed by atoms with van der Waals surface area (Å²) in [6, 6.07) is 15.0. The molecule has 0 fully saturated rings. The fourth-order valence-corrected chi connectivity index (χ4v) is 4.01. The third-order valence-corrected chi connectivity index (χ3v) is 5.33. The van der Waals surface area contributed by atoms with Crippen molar-refractivity contribution >= 4 is 23.1 Å². The Balaban J connectivity index is 1.84. The number of hydrogen-bond acceptors (Lipinski definition) is 4. The van der Waals surface area contributed by atoms with Crippen molar-refractivity contribution in [2.24, 2.45) is 5.73 Å². The van der Waals surface area contributed by atoms with Crippen molar-refractivity contribution in [3.63, 3.8) is 0 Å². The SMILES string of the molecule is CCCCCOc1ccc2c(c1)N(CCCN)c1ccccc1S2. The van der Waals surface area contributed by atoms with Crippen LogP contribution in [-0.2, 0) is 0 Å². The summed E-state index contributed by atoms with van der Waals surface area (Å²) < 4.78 is 5.95. The summed E-state index contributed by atoms with van der Waals surface area (Å²) in [5, 5.41) is 0. The van der Waals surface area contributed by atoms with Gasteiger partial charge in [-0.05, 0) is 43.7 Å². The second-order valence-electron chi connectivity index (χ2n) is 6.05. The first-order chi connectivity index (χ1) is 11.8. The van der Waals surface area contributed by atoms with E-state index < -0.39 is 0 Å². The summed E-state index contributed by atoms with van der Waals surface area (Å²) in [5.74, 6) is 0.961. The standard InChI is InChI=1S/C20H26N2OS/c1-2-3-6-14-23-16-10-11-20-18(15-16)22(13-7-12-21)17-8-4-5-9-19(17)24-20/h4-5,8-11,15H,2-3,6-7,12-14,21H2,1H3. The van der Waals surface area contributed by atoms with Crippen molar-refractivity contribution in [2.75, 3.05) is 24.6 Å². The first kappa shape index (κ1) is 17.2. The Bertz CT molecular complexity index is 674. The third kappa shape index (κ3) is 3.87. The van der Waals surface area contributed by atoms with Gasteiger partial charge in [0.1, 0.15) is 5.75 Å². The number of hydrogen-bond donors (Lipinski definition) is 1. The van der Waals surface area contributed by atoms with Gasteiger partial charge in [-0.2, -0.15) is 0 Å². The Morgan fingerprint density at radius 1 is 1.00 bits per heavy atom. The predicted octanol–water partition coefficient (Wildman–Crippen LogP) is 5.21. The van der Waals surface area contributed by atoms with Gasteiger partial charge in [0.2, 0.25) is 0 Å². The van der Waals surface area contributed by atoms with E-state index >= 15 is 0 Å². The van der Waals surface area contributed by atoms with Crippen LogP contribution in [0.1, 0.15) is 32.6 Å². The first-order valence-corrected chi connectivity index (χ1v) is 9.66. The van der Waals surface area contributed by atoms with Gasteiger partial charge in [0.25, 0.3) is 0 Å². The van der Waals surface area contributed by atoms with E-state index in [0.29, 0.717) is 6.54 Å². The van der Waals surface area contributed by atoms with Gasteiger partial charge in [0.15, 0.2) is 0 Å². The Kier molecular flexibility index (Phi) is 6.05. The maximum atomic E-state index is 5.95. The molecule has 3 rings (SSSR count). The van der Waals surface area contributed by atoms with Crippen LogP contribution in [0.4, 0.5) is 11.4 Å². The van der Waals surface area contributed by atoms with Crippen molar-refractivity contribution in [2.45, 2.75) is 42.4 Å². The normalized spacial score (nSPS) is 12.7. The molecule has 2 aromatic carbocycles. The van der Waals surface area contributed by atoms with E-state index in [-0.39, 0.29) is 0 Å². The van der Waals surface area contributed by atoms with E-state index in [9.17, 15) is 0 Å². The van der Waals surface area contributed by atoms with Crippen molar-refractivity contribution in [1.82, 2.24) is 0 Å². The Labute approximate surface area is 149 Å². The van der Waals surface area contributed by atoms with Gasteiger partial charge in [0, 0.05) is 22.4 Å². The van der Waals surface area contributed by atoms with Crippen LogP contribution in [0.25, 0.3) is 0 Å². The molecular formula is C20H26N2OS. The largest absolute Gasteiger partial charge is 0.494 e. The number of unbranched alkanes of at least 4 members (excludes halogenated alkanes) is 2. The number of benzene rings is 2. The van der Waals surface area contributed by atoms with Gasteiger partial charge < -0.3 is 15.4 Å². The van der Waals surface area contributed by atoms with Crippen LogP contribution in [-0.4, -0.2) is 19.7 Å². The Hall–Kier alpha value is -1.65. The summed E-state index contributed by atoms with van der Waals surface area (Å²) in [6.45, 7) is 4.64. The number of anilines is 2. The molecule has 0 amide bonds. The van der Waals surface area contributed by atoms with Crippen LogP contribution < -0.4 is 15.4 Å². The van der Waals surface area contributed by atoms with E-state index in [1.165, 1.54) is 34.0 Å². The average Bonchev–Trinajstić information content (AvgIpc) is 2.62. The molecule has 1 heterocycles. The van der Waals surface area contributed by atoms with Crippen molar-refractivity contribution in [1.29, 1.82) is 0 Å². The van der Waals surface area contributed by atoms with Gasteiger partial charge >= 0.3 is 0 Å². The minimum absolute atomic E-state index is 0.703. The lowest BCUT2D eigenvalue weighted by atomic mass is 10.2. The summed E-state index contributed by atoms with van der Waals surface area (Å²) in [6.07, 6.45) is 4.52. The summed E-state index contributed by atoms with van der Waals surface area (Å²) in [7, 11) is 0. The number of nitrogens with two attached hydrogens (primary N) is 1. The molecule has 0 saturated heterocycles. The molecule has 0 radical (unpaired) electrons. The molecular weight excluding hydrogens is 316 g/mol. The molecule has 4 heteroatoms. The lowest BCUT2D eigenvalue weighted by Gasteiger charge is -2.33. The lowest BCUT2D eigenvalue weighted by molar-refractivity contribution is 0.306. The number of fused-ring (bicyclic) bond motifs is 2. The highest BCUT2D eigenvalue weighted by atomic mass is 32.2. The molecule has 2 N–H and O–H groups in total.